The molecule has 0 amide bonds. The van der Waals surface area contributed by atoms with E-state index >= 15 is 0 Å². The topological polar surface area (TPSA) is 41.8 Å². The highest BCUT2D eigenvalue weighted by Gasteiger charge is 1.97. The minimum atomic E-state index is -0.706. The molecule has 0 saturated carbocycles. The molecule has 0 aliphatic rings. The molecule has 3 heteroatoms. The van der Waals surface area contributed by atoms with Crippen molar-refractivity contribution in [3.05, 3.63) is 0 Å². The van der Waals surface area contributed by atoms with Crippen LogP contribution in [0.1, 0.15) is 26.7 Å². The summed E-state index contributed by atoms with van der Waals surface area (Å²) in [7, 11) is 1.47. The molecule has 0 bridgehead atoms. The van der Waals surface area contributed by atoms with Crippen molar-refractivity contribution < 1.29 is 9.84 Å². The van der Waals surface area contributed by atoms with Gasteiger partial charge in [0, 0.05) is 25.8 Å². The van der Waals surface area contributed by atoms with Gasteiger partial charge in [0.25, 0.3) is 0 Å². The molecule has 0 aromatic rings. The van der Waals surface area contributed by atoms with Gasteiger partial charge in [0.1, 0.15) is 0 Å². The van der Waals surface area contributed by atoms with Crippen LogP contribution in [0, 0.1) is 0 Å². The number of aliphatic hydroxyl groups is 1. The van der Waals surface area contributed by atoms with Crippen molar-refractivity contribution in [1.82, 2.24) is 0 Å². The minimum Gasteiger partial charge on any atom is -0.368 e. The van der Waals surface area contributed by atoms with Gasteiger partial charge in [-0.3, -0.25) is 4.99 Å². The predicted octanol–water partition coefficient (Wildman–Crippen LogP) is 1.21. The van der Waals surface area contributed by atoms with Crippen LogP contribution in [-0.4, -0.2) is 30.8 Å². The molecule has 11 heavy (non-hydrogen) atoms. The fourth-order valence-corrected chi connectivity index (χ4v) is 0.533. The van der Waals surface area contributed by atoms with Crippen LogP contribution in [0.2, 0.25) is 0 Å². The van der Waals surface area contributed by atoms with E-state index < -0.39 is 6.29 Å². The van der Waals surface area contributed by atoms with Crippen molar-refractivity contribution in [2.24, 2.45) is 4.99 Å². The van der Waals surface area contributed by atoms with E-state index in [4.69, 9.17) is 5.11 Å². The first-order chi connectivity index (χ1) is 5.20. The number of hydrogen-bond acceptors (Lipinski definition) is 3. The molecule has 1 N–H and O–H groups in total. The van der Waals surface area contributed by atoms with Crippen LogP contribution in [-0.2, 0) is 4.74 Å². The first-order valence-corrected chi connectivity index (χ1v) is 3.93. The van der Waals surface area contributed by atoms with Gasteiger partial charge < -0.3 is 9.84 Å². The Morgan fingerprint density at radius 2 is 2.27 bits per heavy atom. The summed E-state index contributed by atoms with van der Waals surface area (Å²) in [4.78, 5) is 4.17. The van der Waals surface area contributed by atoms with Gasteiger partial charge in [-0.25, -0.2) is 0 Å². The lowest BCUT2D eigenvalue weighted by Crippen LogP contribution is -2.09. The molecule has 3 nitrogen and oxygen atoms in total. The monoisotopic (exact) mass is 159 g/mol. The summed E-state index contributed by atoms with van der Waals surface area (Å²) in [6.45, 7) is 4.12. The number of ether oxygens (including phenoxy) is 1. The van der Waals surface area contributed by atoms with E-state index in [0.29, 0.717) is 12.5 Å². The lowest BCUT2D eigenvalue weighted by atomic mass is 10.3. The maximum atomic E-state index is 8.93. The summed E-state index contributed by atoms with van der Waals surface area (Å²) in [6, 6.07) is 0.346. The second-order valence-electron chi connectivity index (χ2n) is 2.51. The normalized spacial score (nSPS) is 17.1. The van der Waals surface area contributed by atoms with Crippen LogP contribution in [0.5, 0.6) is 0 Å². The highest BCUT2D eigenvalue weighted by atomic mass is 16.6. The van der Waals surface area contributed by atoms with E-state index in [2.05, 4.69) is 16.7 Å². The van der Waals surface area contributed by atoms with Crippen LogP contribution < -0.4 is 0 Å². The maximum Gasteiger partial charge on any atom is 0.159 e. The smallest absolute Gasteiger partial charge is 0.159 e. The average Bonchev–Trinajstić information content (AvgIpc) is 2.04. The summed E-state index contributed by atoms with van der Waals surface area (Å²) < 4.78 is 4.63. The number of aliphatic hydroxyl groups excluding tert-OH is 1. The Hall–Kier alpha value is -0.410. The van der Waals surface area contributed by atoms with E-state index in [1.165, 1.54) is 7.11 Å². The minimum absolute atomic E-state index is 0.346. The fraction of sp³-hybridized carbons (Fsp3) is 0.875. The third-order valence-electron chi connectivity index (χ3n) is 1.53. The predicted molar refractivity (Wildman–Crippen MR) is 45.9 cm³/mol. The van der Waals surface area contributed by atoms with E-state index in [-0.39, 0.29) is 0 Å². The third kappa shape index (κ3) is 6.01. The number of methoxy groups -OCH3 is 1. The Morgan fingerprint density at radius 3 is 2.73 bits per heavy atom. The van der Waals surface area contributed by atoms with Gasteiger partial charge in [0.15, 0.2) is 6.29 Å². The second kappa shape index (κ2) is 6.31. The Morgan fingerprint density at radius 1 is 1.64 bits per heavy atom. The number of rotatable bonds is 5. The van der Waals surface area contributed by atoms with Gasteiger partial charge in [-0.1, -0.05) is 6.92 Å². The molecule has 0 fully saturated rings. The molecule has 0 radical (unpaired) electrons. The Labute approximate surface area is 68.1 Å². The van der Waals surface area contributed by atoms with Crippen molar-refractivity contribution in [3.63, 3.8) is 0 Å². The van der Waals surface area contributed by atoms with Gasteiger partial charge in [0.2, 0.25) is 0 Å². The fourth-order valence-electron chi connectivity index (χ4n) is 0.533. The molecule has 0 rings (SSSR count). The number of hydrogen-bond donors (Lipinski definition) is 1. The summed E-state index contributed by atoms with van der Waals surface area (Å²) in [5.41, 5.74) is 0. The molecule has 0 heterocycles. The van der Waals surface area contributed by atoms with Gasteiger partial charge in [-0.15, -0.1) is 0 Å². The molecule has 0 aromatic carbocycles. The van der Waals surface area contributed by atoms with E-state index in [1.807, 2.05) is 6.92 Å². The highest BCUT2D eigenvalue weighted by molar-refractivity contribution is 5.57. The molecule has 0 spiro atoms. The van der Waals surface area contributed by atoms with Crippen LogP contribution in [0.15, 0.2) is 4.99 Å². The van der Waals surface area contributed by atoms with Crippen LogP contribution in [0.25, 0.3) is 0 Å². The van der Waals surface area contributed by atoms with E-state index in [9.17, 15) is 0 Å². The van der Waals surface area contributed by atoms with Gasteiger partial charge in [0.05, 0.1) is 0 Å². The summed E-state index contributed by atoms with van der Waals surface area (Å²) in [5.74, 6) is 0. The molecule has 1 unspecified atom stereocenters. The Kier molecular flexibility index (Phi) is 6.07. The van der Waals surface area contributed by atoms with Gasteiger partial charge in [-0.05, 0) is 13.3 Å². The summed E-state index contributed by atoms with van der Waals surface area (Å²) >= 11 is 0. The first kappa shape index (κ1) is 10.6. The Balaban J connectivity index is 3.43. The SMILES string of the molecule is CCC(C)N=CC[C@H](O)OC. The van der Waals surface area contributed by atoms with Crippen LogP contribution >= 0.6 is 0 Å². The lowest BCUT2D eigenvalue weighted by Gasteiger charge is -2.04. The summed E-state index contributed by atoms with van der Waals surface area (Å²) in [6.07, 6.45) is 2.51. The number of aliphatic imine (C=N–C) groups is 1. The van der Waals surface area contributed by atoms with Crippen LogP contribution in [0.4, 0.5) is 0 Å². The highest BCUT2D eigenvalue weighted by Crippen LogP contribution is 1.95. The largest absolute Gasteiger partial charge is 0.368 e. The molecule has 0 aromatic heterocycles. The molecular formula is C8H17NO2. The third-order valence-corrected chi connectivity index (χ3v) is 1.53. The molecule has 2 atom stereocenters. The number of nitrogens with zero attached hydrogens (tertiary/aromatic N) is 1. The standard InChI is InChI=1S/C8H17NO2/c1-4-7(2)9-6-5-8(10)11-3/h6-8,10H,4-5H2,1-3H3/t7?,8-/m1/s1. The quantitative estimate of drug-likeness (QED) is 0.484. The first-order valence-electron chi connectivity index (χ1n) is 3.93. The molecule has 0 aliphatic carbocycles. The zero-order chi connectivity index (χ0) is 8.69. The zero-order valence-corrected chi connectivity index (χ0v) is 7.45. The van der Waals surface area contributed by atoms with Crippen molar-refractivity contribution in [1.29, 1.82) is 0 Å². The second-order valence-corrected chi connectivity index (χ2v) is 2.51. The van der Waals surface area contributed by atoms with Crippen molar-refractivity contribution in [3.8, 4) is 0 Å². The van der Waals surface area contributed by atoms with Crippen molar-refractivity contribution in [2.75, 3.05) is 7.11 Å². The lowest BCUT2D eigenvalue weighted by molar-refractivity contribution is -0.0665. The molecule has 0 saturated heterocycles. The van der Waals surface area contributed by atoms with Gasteiger partial charge >= 0.3 is 0 Å². The summed E-state index contributed by atoms with van der Waals surface area (Å²) in [5, 5.41) is 8.93. The maximum absolute atomic E-state index is 8.93. The zero-order valence-electron chi connectivity index (χ0n) is 7.45. The van der Waals surface area contributed by atoms with Crippen molar-refractivity contribution in [2.45, 2.75) is 39.0 Å². The molecular weight excluding hydrogens is 142 g/mol. The van der Waals surface area contributed by atoms with E-state index in [1.54, 1.807) is 6.21 Å². The Bertz CT molecular complexity index is 115. The van der Waals surface area contributed by atoms with Crippen LogP contribution in [0.3, 0.4) is 0 Å². The van der Waals surface area contributed by atoms with Crippen molar-refractivity contribution >= 4 is 6.21 Å². The molecule has 66 valence electrons. The average molecular weight is 159 g/mol. The van der Waals surface area contributed by atoms with E-state index in [0.717, 1.165) is 6.42 Å². The molecule has 0 aliphatic heterocycles. The van der Waals surface area contributed by atoms with Gasteiger partial charge in [-0.2, -0.15) is 0 Å².